The van der Waals surface area contributed by atoms with E-state index in [4.69, 9.17) is 0 Å². The molecule has 2 fully saturated rings. The van der Waals surface area contributed by atoms with Crippen molar-refractivity contribution in [2.75, 3.05) is 50.1 Å². The highest BCUT2D eigenvalue weighted by Crippen LogP contribution is 2.33. The molecule has 250 valence electrons. The Balaban J connectivity index is 0.000000191. The minimum Gasteiger partial charge on any atom is -0.356 e. The highest BCUT2D eigenvalue weighted by Gasteiger charge is 2.27. The number of nitrogens with zero attached hydrogens (tertiary/aromatic N) is 7. The zero-order valence-electron chi connectivity index (χ0n) is 29.2. The first kappa shape index (κ1) is 36.9. The number of benzene rings is 2. The van der Waals surface area contributed by atoms with E-state index in [0.717, 1.165) is 41.6 Å². The highest BCUT2D eigenvalue weighted by atomic mass is 15.2. The SMILES string of the molecule is C.CN(c1ccccc1)c1ncc(C(C)(C)C)cn1.CN1CCC(C(C)(C)C)CC1.Cc1ccc2c(N3CCCC3)ncnc2c1. The minimum atomic E-state index is 0. The van der Waals surface area contributed by atoms with Gasteiger partial charge in [0.15, 0.2) is 0 Å². The van der Waals surface area contributed by atoms with Crippen molar-refractivity contribution in [2.24, 2.45) is 11.3 Å². The lowest BCUT2D eigenvalue weighted by Gasteiger charge is -2.37. The van der Waals surface area contributed by atoms with E-state index in [-0.39, 0.29) is 12.8 Å². The number of aromatic nitrogens is 4. The molecule has 7 nitrogen and oxygen atoms in total. The summed E-state index contributed by atoms with van der Waals surface area (Å²) < 4.78 is 0. The van der Waals surface area contributed by atoms with E-state index >= 15 is 0 Å². The van der Waals surface area contributed by atoms with Crippen molar-refractivity contribution in [3.63, 3.8) is 0 Å². The summed E-state index contributed by atoms with van der Waals surface area (Å²) in [4.78, 5) is 24.4. The van der Waals surface area contributed by atoms with Crippen LogP contribution in [0, 0.1) is 18.3 Å². The summed E-state index contributed by atoms with van der Waals surface area (Å²) in [5.41, 5.74) is 5.15. The predicted molar refractivity (Wildman–Crippen MR) is 197 cm³/mol. The van der Waals surface area contributed by atoms with Gasteiger partial charge in [0.25, 0.3) is 0 Å². The summed E-state index contributed by atoms with van der Waals surface area (Å²) in [5.74, 6) is 2.76. The Morgan fingerprint density at radius 2 is 1.39 bits per heavy atom. The van der Waals surface area contributed by atoms with Gasteiger partial charge in [-0.15, -0.1) is 0 Å². The second-order valence-corrected chi connectivity index (χ2v) is 14.8. The van der Waals surface area contributed by atoms with Crippen LogP contribution in [0.4, 0.5) is 17.5 Å². The summed E-state index contributed by atoms with van der Waals surface area (Å²) >= 11 is 0. The molecule has 4 aromatic rings. The fourth-order valence-electron chi connectivity index (χ4n) is 5.86. The van der Waals surface area contributed by atoms with Crippen molar-refractivity contribution in [3.8, 4) is 0 Å². The Bertz CT molecular complexity index is 1460. The maximum Gasteiger partial charge on any atom is 0.229 e. The van der Waals surface area contributed by atoms with Crippen LogP contribution in [0.2, 0.25) is 0 Å². The van der Waals surface area contributed by atoms with Crippen LogP contribution in [0.5, 0.6) is 0 Å². The van der Waals surface area contributed by atoms with Crippen molar-refractivity contribution >= 4 is 28.4 Å². The van der Waals surface area contributed by atoms with E-state index in [0.29, 0.717) is 11.4 Å². The van der Waals surface area contributed by atoms with Crippen LogP contribution in [0.3, 0.4) is 0 Å². The quantitative estimate of drug-likeness (QED) is 0.225. The van der Waals surface area contributed by atoms with E-state index in [1.807, 2.05) is 54.7 Å². The van der Waals surface area contributed by atoms with Gasteiger partial charge in [-0.2, -0.15) is 0 Å². The topological polar surface area (TPSA) is 61.3 Å². The van der Waals surface area contributed by atoms with Crippen LogP contribution < -0.4 is 9.80 Å². The number of hydrogen-bond acceptors (Lipinski definition) is 7. The standard InChI is InChI=1S/C15H19N3.C13H15N3.C10H21N.CH4/c1-15(2,3)12-10-16-14(17-11-12)18(4)13-8-6-5-7-9-13;1-10-4-5-11-12(8-10)14-9-15-13(11)16-6-2-3-7-16;1-10(2,3)9-5-7-11(4)8-6-9;/h5-11H,1-4H3;4-5,8-9H,2-3,6-7H2,1H3;9H,5-8H2,1-4H3;1H4. The molecule has 0 atom stereocenters. The molecule has 0 unspecified atom stereocenters. The molecule has 0 radical (unpaired) electrons. The van der Waals surface area contributed by atoms with Crippen molar-refractivity contribution < 1.29 is 0 Å². The molecule has 46 heavy (non-hydrogen) atoms. The van der Waals surface area contributed by atoms with Gasteiger partial charge < -0.3 is 14.7 Å². The molecule has 0 saturated carbocycles. The first-order valence-corrected chi connectivity index (χ1v) is 16.6. The van der Waals surface area contributed by atoms with Crippen molar-refractivity contribution in [1.82, 2.24) is 24.8 Å². The molecule has 2 aromatic carbocycles. The average molecular weight is 626 g/mol. The molecule has 7 heteroatoms. The van der Waals surface area contributed by atoms with Crippen LogP contribution in [-0.4, -0.2) is 65.1 Å². The van der Waals surface area contributed by atoms with Crippen LogP contribution in [-0.2, 0) is 5.41 Å². The third kappa shape index (κ3) is 10.2. The molecule has 2 aromatic heterocycles. The normalized spacial score (nSPS) is 15.7. The number of piperidine rings is 1. The van der Waals surface area contributed by atoms with Gasteiger partial charge in [-0.3, -0.25) is 0 Å². The minimum absolute atomic E-state index is 0. The first-order valence-electron chi connectivity index (χ1n) is 16.6. The Labute approximate surface area is 279 Å². The second-order valence-electron chi connectivity index (χ2n) is 14.8. The molecule has 0 spiro atoms. The molecule has 0 N–H and O–H groups in total. The van der Waals surface area contributed by atoms with E-state index < -0.39 is 0 Å². The molecule has 0 bridgehead atoms. The summed E-state index contributed by atoms with van der Waals surface area (Å²) in [6, 6.07) is 16.5. The largest absolute Gasteiger partial charge is 0.356 e. The molecule has 2 aliphatic rings. The van der Waals surface area contributed by atoms with Gasteiger partial charge in [0.1, 0.15) is 12.1 Å². The predicted octanol–water partition coefficient (Wildman–Crippen LogP) is 9.09. The van der Waals surface area contributed by atoms with Gasteiger partial charge in [0.05, 0.1) is 5.52 Å². The molecular formula is C39H59N7. The second kappa shape index (κ2) is 16.3. The van der Waals surface area contributed by atoms with E-state index in [2.05, 4.69) is 103 Å². The number of para-hydroxylation sites is 1. The van der Waals surface area contributed by atoms with Gasteiger partial charge in [-0.05, 0) is 105 Å². The number of rotatable bonds is 3. The summed E-state index contributed by atoms with van der Waals surface area (Å²) in [6.45, 7) is 20.5. The monoisotopic (exact) mass is 625 g/mol. The van der Waals surface area contributed by atoms with E-state index in [1.165, 1.54) is 49.7 Å². The molecule has 0 aliphatic carbocycles. The molecule has 2 saturated heterocycles. The van der Waals surface area contributed by atoms with Crippen molar-refractivity contribution in [3.05, 3.63) is 78.4 Å². The summed E-state index contributed by atoms with van der Waals surface area (Å²) in [5, 5.41) is 1.18. The molecule has 2 aliphatic heterocycles. The van der Waals surface area contributed by atoms with Crippen molar-refractivity contribution in [2.45, 2.75) is 87.0 Å². The zero-order chi connectivity index (χ0) is 32.6. The Kier molecular flexibility index (Phi) is 13.1. The number of aryl methyl sites for hydroxylation is 1. The molecule has 0 amide bonds. The Morgan fingerprint density at radius 1 is 0.783 bits per heavy atom. The molecular weight excluding hydrogens is 566 g/mol. The van der Waals surface area contributed by atoms with Gasteiger partial charge in [0.2, 0.25) is 5.95 Å². The lowest BCUT2D eigenvalue weighted by atomic mass is 9.75. The lowest BCUT2D eigenvalue weighted by molar-refractivity contribution is 0.129. The summed E-state index contributed by atoms with van der Waals surface area (Å²) in [6.07, 6.45) is 10.8. The molecule has 6 rings (SSSR count). The third-order valence-corrected chi connectivity index (χ3v) is 9.07. The number of fused-ring (bicyclic) bond motifs is 1. The van der Waals surface area contributed by atoms with Crippen LogP contribution >= 0.6 is 0 Å². The van der Waals surface area contributed by atoms with Gasteiger partial charge >= 0.3 is 0 Å². The first-order chi connectivity index (χ1) is 21.3. The maximum absolute atomic E-state index is 4.44. The van der Waals surface area contributed by atoms with Crippen molar-refractivity contribution in [1.29, 1.82) is 0 Å². The smallest absolute Gasteiger partial charge is 0.229 e. The van der Waals surface area contributed by atoms with Gasteiger partial charge in [-0.25, -0.2) is 19.9 Å². The highest BCUT2D eigenvalue weighted by molar-refractivity contribution is 5.89. The Morgan fingerprint density at radius 3 is 1.96 bits per heavy atom. The zero-order valence-corrected chi connectivity index (χ0v) is 29.2. The Hall–Kier alpha value is -3.58. The third-order valence-electron chi connectivity index (χ3n) is 9.07. The molecule has 4 heterocycles. The van der Waals surface area contributed by atoms with Crippen LogP contribution in [0.25, 0.3) is 10.9 Å². The van der Waals surface area contributed by atoms with Gasteiger partial charge in [0, 0.05) is 43.6 Å². The van der Waals surface area contributed by atoms with Crippen LogP contribution in [0.1, 0.15) is 85.8 Å². The summed E-state index contributed by atoms with van der Waals surface area (Å²) in [7, 11) is 4.19. The fourth-order valence-corrected chi connectivity index (χ4v) is 5.86. The lowest BCUT2D eigenvalue weighted by Crippen LogP contribution is -2.35. The van der Waals surface area contributed by atoms with Crippen LogP contribution in [0.15, 0.2) is 67.3 Å². The van der Waals surface area contributed by atoms with E-state index in [9.17, 15) is 0 Å². The average Bonchev–Trinajstić information content (AvgIpc) is 3.56. The number of hydrogen-bond donors (Lipinski definition) is 0. The number of likely N-dealkylation sites (tertiary alicyclic amines) is 1. The number of anilines is 3. The fraction of sp³-hybridized carbons (Fsp3) is 0.538. The van der Waals surface area contributed by atoms with E-state index in [1.54, 1.807) is 6.33 Å². The van der Waals surface area contributed by atoms with Gasteiger partial charge in [-0.1, -0.05) is 73.2 Å². The maximum atomic E-state index is 4.44.